The van der Waals surface area contributed by atoms with E-state index in [0.29, 0.717) is 37.7 Å². The van der Waals surface area contributed by atoms with Gasteiger partial charge in [-0.25, -0.2) is 4.63 Å². The third kappa shape index (κ3) is 6.19. The Bertz CT molecular complexity index is 1170. The normalized spacial score (nSPS) is 12.0. The summed E-state index contributed by atoms with van der Waals surface area (Å²) in [6.45, 7) is 2.01. The van der Waals surface area contributed by atoms with E-state index in [0.717, 1.165) is 17.7 Å². The number of hydrogen-bond donors (Lipinski definition) is 3. The molecule has 1 aliphatic rings. The Morgan fingerprint density at radius 1 is 1.14 bits per heavy atom. The molecule has 1 aliphatic heterocycles. The number of nitrogens with two attached hydrogens (primary N) is 1. The number of carbonyl (C=O) groups excluding carboxylic acids is 2. The summed E-state index contributed by atoms with van der Waals surface area (Å²) >= 11 is 0. The molecule has 0 atom stereocenters. The summed E-state index contributed by atoms with van der Waals surface area (Å²) in [6, 6.07) is 13.4. The molecule has 0 saturated carbocycles. The fraction of sp³-hybridized carbons (Fsp3) is 0.304. The van der Waals surface area contributed by atoms with E-state index in [9.17, 15) is 9.59 Å². The number of fused-ring (bicyclic) bond motifs is 1. The van der Waals surface area contributed by atoms with Crippen LogP contribution in [0, 0.1) is 0 Å². The van der Waals surface area contributed by atoms with Crippen molar-refractivity contribution < 1.29 is 23.7 Å². The summed E-state index contributed by atoms with van der Waals surface area (Å²) in [7, 11) is 1.55. The molecule has 0 aliphatic carbocycles. The highest BCUT2D eigenvalue weighted by Gasteiger charge is 2.24. The van der Waals surface area contributed by atoms with Crippen LogP contribution in [0.3, 0.4) is 0 Å². The predicted octanol–water partition coefficient (Wildman–Crippen LogP) is 1.57. The maximum Gasteiger partial charge on any atom is 0.277 e. The Kier molecular flexibility index (Phi) is 8.87. The molecule has 3 aromatic rings. The number of nitrogens with one attached hydrogen (secondary N) is 2. The van der Waals surface area contributed by atoms with E-state index >= 15 is 0 Å². The van der Waals surface area contributed by atoms with Gasteiger partial charge in [0, 0.05) is 31.9 Å². The molecule has 0 radical (unpaired) electrons. The first kappa shape index (κ1) is 25.8. The van der Waals surface area contributed by atoms with E-state index in [-0.39, 0.29) is 36.4 Å². The summed E-state index contributed by atoms with van der Waals surface area (Å²) < 4.78 is 15.6. The second-order valence-corrected chi connectivity index (χ2v) is 7.63. The van der Waals surface area contributed by atoms with Crippen molar-refractivity contribution in [1.82, 2.24) is 20.9 Å². The number of hydrogen-bond acceptors (Lipinski definition) is 9. The van der Waals surface area contributed by atoms with Gasteiger partial charge in [0.05, 0.1) is 7.11 Å². The highest BCUT2D eigenvalue weighted by molar-refractivity contribution is 5.96. The molecule has 35 heavy (non-hydrogen) atoms. The van der Waals surface area contributed by atoms with Crippen LogP contribution in [0.2, 0.25) is 0 Å². The molecule has 2 amide bonds. The monoisotopic (exact) mass is 502 g/mol. The minimum atomic E-state index is -0.448. The first-order chi connectivity index (χ1) is 16.6. The lowest BCUT2D eigenvalue weighted by Gasteiger charge is -2.18. The van der Waals surface area contributed by atoms with Crippen LogP contribution in [0.4, 0.5) is 11.5 Å². The Morgan fingerprint density at radius 2 is 1.97 bits per heavy atom. The van der Waals surface area contributed by atoms with Crippen LogP contribution in [0.5, 0.6) is 11.5 Å². The number of aromatic nitrogens is 2. The lowest BCUT2D eigenvalue weighted by molar-refractivity contribution is -0.120. The second kappa shape index (κ2) is 12.0. The number of anilines is 2. The molecule has 186 valence electrons. The van der Waals surface area contributed by atoms with Gasteiger partial charge in [0.2, 0.25) is 11.5 Å². The summed E-state index contributed by atoms with van der Waals surface area (Å²) in [6.07, 6.45) is 0.849. The number of benzene rings is 2. The van der Waals surface area contributed by atoms with Crippen LogP contribution in [0.15, 0.2) is 47.1 Å². The molecule has 4 N–H and O–H groups in total. The fourth-order valence-corrected chi connectivity index (χ4v) is 3.69. The zero-order valence-electron chi connectivity index (χ0n) is 19.2. The summed E-state index contributed by atoms with van der Waals surface area (Å²) in [5.74, 6) is 0.444. The first-order valence-corrected chi connectivity index (χ1v) is 10.8. The predicted molar refractivity (Wildman–Crippen MR) is 131 cm³/mol. The number of para-hydroxylation sites is 1. The average Bonchev–Trinajstić information content (AvgIpc) is 3.48. The van der Waals surface area contributed by atoms with E-state index in [4.69, 9.17) is 15.2 Å². The summed E-state index contributed by atoms with van der Waals surface area (Å²) in [5.41, 5.74) is 8.53. The number of methoxy groups -OCH3 is 1. The standard InChI is InChI=1S/C23H26N6O5.ClH/c1-32-19-12-15(13-25-9-10-26-23(31)21-22(24)28-34-27-21)6-7-18(19)33-14-20(30)29-11-8-16-4-2-3-5-17(16)29;/h2-7,12,25H,8-11,13-14H2,1H3,(H2,24,28)(H,26,31);1H. The van der Waals surface area contributed by atoms with Crippen LogP contribution in [0.25, 0.3) is 0 Å². The largest absolute Gasteiger partial charge is 0.493 e. The molecule has 4 rings (SSSR count). The number of rotatable bonds is 10. The zero-order chi connectivity index (χ0) is 23.9. The Hall–Kier alpha value is -3.83. The van der Waals surface area contributed by atoms with Crippen molar-refractivity contribution >= 4 is 35.7 Å². The lowest BCUT2D eigenvalue weighted by atomic mass is 10.2. The van der Waals surface area contributed by atoms with E-state index in [1.807, 2.05) is 36.4 Å². The molecule has 2 heterocycles. The van der Waals surface area contributed by atoms with Gasteiger partial charge in [-0.1, -0.05) is 24.3 Å². The Labute approximate surface area is 208 Å². The van der Waals surface area contributed by atoms with Gasteiger partial charge < -0.3 is 30.7 Å². The highest BCUT2D eigenvalue weighted by atomic mass is 35.5. The van der Waals surface area contributed by atoms with E-state index in [1.54, 1.807) is 18.1 Å². The minimum absolute atomic E-state index is 0. The highest BCUT2D eigenvalue weighted by Crippen LogP contribution is 2.30. The van der Waals surface area contributed by atoms with Crippen LogP contribution < -0.4 is 30.7 Å². The summed E-state index contributed by atoms with van der Waals surface area (Å²) in [5, 5.41) is 12.7. The fourth-order valence-electron chi connectivity index (χ4n) is 3.69. The van der Waals surface area contributed by atoms with Crippen molar-refractivity contribution in [1.29, 1.82) is 0 Å². The number of nitrogens with zero attached hydrogens (tertiary/aromatic N) is 3. The third-order valence-corrected chi connectivity index (χ3v) is 5.41. The third-order valence-electron chi connectivity index (χ3n) is 5.41. The lowest BCUT2D eigenvalue weighted by Crippen LogP contribution is -2.33. The topological polar surface area (TPSA) is 145 Å². The molecule has 12 heteroatoms. The molecule has 0 bridgehead atoms. The number of ether oxygens (including phenoxy) is 2. The van der Waals surface area contributed by atoms with Gasteiger partial charge >= 0.3 is 0 Å². The molecule has 11 nitrogen and oxygen atoms in total. The molecular weight excluding hydrogens is 476 g/mol. The van der Waals surface area contributed by atoms with Gasteiger partial charge in [-0.2, -0.15) is 0 Å². The van der Waals surface area contributed by atoms with Gasteiger partial charge in [-0.15, -0.1) is 12.4 Å². The molecule has 2 aromatic carbocycles. The Balaban J connectivity index is 0.00000342. The quantitative estimate of drug-likeness (QED) is 0.352. The van der Waals surface area contributed by atoms with Crippen LogP contribution in [-0.2, 0) is 17.8 Å². The van der Waals surface area contributed by atoms with Crippen LogP contribution in [0.1, 0.15) is 21.6 Å². The SMILES string of the molecule is COc1cc(CNCCNC(=O)c2nonc2N)ccc1OCC(=O)N1CCc2ccccc21.Cl. The molecule has 0 saturated heterocycles. The smallest absolute Gasteiger partial charge is 0.277 e. The zero-order valence-corrected chi connectivity index (χ0v) is 20.0. The van der Waals surface area contributed by atoms with Gasteiger partial charge in [0.25, 0.3) is 11.8 Å². The van der Waals surface area contributed by atoms with Crippen LogP contribution >= 0.6 is 12.4 Å². The molecule has 0 spiro atoms. The maximum atomic E-state index is 12.7. The van der Waals surface area contributed by atoms with Crippen molar-refractivity contribution in [3.05, 3.63) is 59.3 Å². The van der Waals surface area contributed by atoms with Gasteiger partial charge in [0.1, 0.15) is 0 Å². The van der Waals surface area contributed by atoms with E-state index < -0.39 is 5.91 Å². The van der Waals surface area contributed by atoms with Crippen molar-refractivity contribution in [2.75, 3.05) is 44.0 Å². The van der Waals surface area contributed by atoms with Crippen molar-refractivity contribution in [3.63, 3.8) is 0 Å². The second-order valence-electron chi connectivity index (χ2n) is 7.63. The molecule has 0 unspecified atom stereocenters. The number of nitrogen functional groups attached to an aromatic ring is 1. The van der Waals surface area contributed by atoms with Crippen molar-refractivity contribution in [2.24, 2.45) is 0 Å². The minimum Gasteiger partial charge on any atom is -0.493 e. The maximum absolute atomic E-state index is 12.7. The van der Waals surface area contributed by atoms with E-state index in [1.165, 1.54) is 5.56 Å². The van der Waals surface area contributed by atoms with Crippen molar-refractivity contribution in [3.8, 4) is 11.5 Å². The first-order valence-electron chi connectivity index (χ1n) is 10.8. The van der Waals surface area contributed by atoms with Gasteiger partial charge in [-0.3, -0.25) is 9.59 Å². The summed E-state index contributed by atoms with van der Waals surface area (Å²) in [4.78, 5) is 26.3. The van der Waals surface area contributed by atoms with E-state index in [2.05, 4.69) is 25.6 Å². The average molecular weight is 503 g/mol. The Morgan fingerprint density at radius 3 is 2.74 bits per heavy atom. The van der Waals surface area contributed by atoms with Crippen LogP contribution in [-0.4, -0.2) is 55.5 Å². The number of carbonyl (C=O) groups is 2. The number of halogens is 1. The molecule has 1 aromatic heterocycles. The molecular formula is C23H27ClN6O5. The number of amides is 2. The van der Waals surface area contributed by atoms with Gasteiger partial charge in [0.15, 0.2) is 18.1 Å². The van der Waals surface area contributed by atoms with Crippen molar-refractivity contribution in [2.45, 2.75) is 13.0 Å². The van der Waals surface area contributed by atoms with Gasteiger partial charge in [-0.05, 0) is 46.1 Å². The molecule has 0 fully saturated rings.